The van der Waals surface area contributed by atoms with Crippen molar-refractivity contribution in [3.8, 4) is 5.75 Å². The average molecular weight is 331 g/mol. The van der Waals surface area contributed by atoms with Crippen LogP contribution in [-0.2, 0) is 0 Å². The van der Waals surface area contributed by atoms with Crippen LogP contribution in [0.5, 0.6) is 5.75 Å². The zero-order valence-electron chi connectivity index (χ0n) is 13.0. The molecule has 0 saturated carbocycles. The molecule has 4 nitrogen and oxygen atoms in total. The fourth-order valence-corrected chi connectivity index (χ4v) is 3.04. The Morgan fingerprint density at radius 3 is 2.48 bits per heavy atom. The van der Waals surface area contributed by atoms with E-state index in [0.717, 1.165) is 24.5 Å². The third kappa shape index (κ3) is 3.42. The predicted octanol–water partition coefficient (Wildman–Crippen LogP) is 3.31. The molecule has 120 valence electrons. The highest BCUT2D eigenvalue weighted by Crippen LogP contribution is 2.28. The third-order valence-electron chi connectivity index (χ3n) is 4.06. The number of ether oxygens (including phenoxy) is 1. The van der Waals surface area contributed by atoms with E-state index in [0.29, 0.717) is 23.7 Å². The largest absolute Gasteiger partial charge is 0.495 e. The summed E-state index contributed by atoms with van der Waals surface area (Å²) in [5.74, 6) is 0.897. The molecule has 0 bridgehead atoms. The maximum atomic E-state index is 12.5. The van der Waals surface area contributed by atoms with Crippen LogP contribution in [0.3, 0.4) is 0 Å². The molecule has 2 aromatic carbocycles. The zero-order chi connectivity index (χ0) is 16.2. The van der Waals surface area contributed by atoms with Crippen molar-refractivity contribution in [3.63, 3.8) is 0 Å². The molecule has 0 radical (unpaired) electrons. The lowest BCUT2D eigenvalue weighted by Crippen LogP contribution is -2.48. The molecule has 2 aromatic rings. The van der Waals surface area contributed by atoms with Crippen LogP contribution >= 0.6 is 11.6 Å². The topological polar surface area (TPSA) is 32.8 Å². The molecule has 0 spiro atoms. The van der Waals surface area contributed by atoms with E-state index in [4.69, 9.17) is 16.3 Å². The highest BCUT2D eigenvalue weighted by Gasteiger charge is 2.23. The Kier molecular flexibility index (Phi) is 4.72. The molecule has 1 aliphatic rings. The van der Waals surface area contributed by atoms with Gasteiger partial charge in [0.2, 0.25) is 0 Å². The molecule has 23 heavy (non-hydrogen) atoms. The van der Waals surface area contributed by atoms with Gasteiger partial charge in [-0.05, 0) is 30.3 Å². The summed E-state index contributed by atoms with van der Waals surface area (Å²) in [5.41, 5.74) is 1.72. The van der Waals surface area contributed by atoms with E-state index in [1.807, 2.05) is 29.2 Å². The number of hydrogen-bond acceptors (Lipinski definition) is 3. The summed E-state index contributed by atoms with van der Waals surface area (Å²) in [5, 5.41) is 0.587. The van der Waals surface area contributed by atoms with Crippen molar-refractivity contribution in [1.29, 1.82) is 0 Å². The molecule has 1 amide bonds. The summed E-state index contributed by atoms with van der Waals surface area (Å²) in [6.07, 6.45) is 0. The van der Waals surface area contributed by atoms with Gasteiger partial charge in [-0.1, -0.05) is 29.8 Å². The Morgan fingerprint density at radius 1 is 1.04 bits per heavy atom. The first kappa shape index (κ1) is 15.7. The number of anilines is 1. The molecule has 1 fully saturated rings. The standard InChI is InChI=1S/C18H19ClN2O2/c1-23-17-8-3-2-7-16(17)20-9-11-21(12-10-20)18(22)14-5-4-6-15(19)13-14/h2-8,13H,9-12H2,1H3. The van der Waals surface area contributed by atoms with Crippen LogP contribution < -0.4 is 9.64 Å². The van der Waals surface area contributed by atoms with Gasteiger partial charge in [0.05, 0.1) is 12.8 Å². The normalized spacial score (nSPS) is 14.7. The van der Waals surface area contributed by atoms with E-state index in [2.05, 4.69) is 4.90 Å². The highest BCUT2D eigenvalue weighted by atomic mass is 35.5. The van der Waals surface area contributed by atoms with Crippen molar-refractivity contribution >= 4 is 23.2 Å². The quantitative estimate of drug-likeness (QED) is 0.865. The summed E-state index contributed by atoms with van der Waals surface area (Å²) in [6.45, 7) is 2.94. The van der Waals surface area contributed by atoms with Crippen molar-refractivity contribution in [2.75, 3.05) is 38.2 Å². The second-order valence-corrected chi connectivity index (χ2v) is 5.90. The van der Waals surface area contributed by atoms with Gasteiger partial charge in [-0.2, -0.15) is 0 Å². The monoisotopic (exact) mass is 330 g/mol. The van der Waals surface area contributed by atoms with Crippen LogP contribution in [0.2, 0.25) is 5.02 Å². The molecular formula is C18H19ClN2O2. The number of amides is 1. The SMILES string of the molecule is COc1ccccc1N1CCN(C(=O)c2cccc(Cl)c2)CC1. The van der Waals surface area contributed by atoms with Crippen LogP contribution in [0.15, 0.2) is 48.5 Å². The van der Waals surface area contributed by atoms with Gasteiger partial charge in [-0.25, -0.2) is 0 Å². The zero-order valence-corrected chi connectivity index (χ0v) is 13.8. The van der Waals surface area contributed by atoms with Crippen molar-refractivity contribution in [1.82, 2.24) is 4.90 Å². The minimum Gasteiger partial charge on any atom is -0.495 e. The lowest BCUT2D eigenvalue weighted by atomic mass is 10.1. The number of carbonyl (C=O) groups is 1. The number of carbonyl (C=O) groups excluding carboxylic acids is 1. The first-order valence-electron chi connectivity index (χ1n) is 7.62. The first-order chi connectivity index (χ1) is 11.2. The Morgan fingerprint density at radius 2 is 1.78 bits per heavy atom. The predicted molar refractivity (Wildman–Crippen MR) is 92.6 cm³/mol. The van der Waals surface area contributed by atoms with Crippen molar-refractivity contribution in [2.24, 2.45) is 0 Å². The molecule has 0 unspecified atom stereocenters. The number of halogens is 1. The fraction of sp³-hybridized carbons (Fsp3) is 0.278. The number of para-hydroxylation sites is 2. The molecule has 1 saturated heterocycles. The number of piperazine rings is 1. The molecular weight excluding hydrogens is 312 g/mol. The van der Waals surface area contributed by atoms with Gasteiger partial charge < -0.3 is 14.5 Å². The summed E-state index contributed by atoms with van der Waals surface area (Å²) >= 11 is 5.97. The third-order valence-corrected chi connectivity index (χ3v) is 4.30. The number of benzene rings is 2. The van der Waals surface area contributed by atoms with Crippen molar-refractivity contribution in [3.05, 3.63) is 59.1 Å². The second-order valence-electron chi connectivity index (χ2n) is 5.46. The Bertz CT molecular complexity index is 697. The van der Waals surface area contributed by atoms with Gasteiger partial charge in [-0.3, -0.25) is 4.79 Å². The Labute approximate surface area is 141 Å². The molecule has 0 atom stereocenters. The molecule has 1 aliphatic heterocycles. The van der Waals surface area contributed by atoms with Gasteiger partial charge in [-0.15, -0.1) is 0 Å². The fourth-order valence-electron chi connectivity index (χ4n) is 2.85. The number of hydrogen-bond donors (Lipinski definition) is 0. The van der Waals surface area contributed by atoms with Gasteiger partial charge in [0.15, 0.2) is 0 Å². The number of rotatable bonds is 3. The van der Waals surface area contributed by atoms with Gasteiger partial charge in [0.1, 0.15) is 5.75 Å². The molecule has 5 heteroatoms. The first-order valence-corrected chi connectivity index (χ1v) is 7.99. The minimum absolute atomic E-state index is 0.0344. The molecule has 0 N–H and O–H groups in total. The van der Waals surface area contributed by atoms with Crippen molar-refractivity contribution in [2.45, 2.75) is 0 Å². The van der Waals surface area contributed by atoms with E-state index < -0.39 is 0 Å². The number of methoxy groups -OCH3 is 1. The van der Waals surface area contributed by atoms with Crippen molar-refractivity contribution < 1.29 is 9.53 Å². The van der Waals surface area contributed by atoms with Crippen LogP contribution in [0.1, 0.15) is 10.4 Å². The summed E-state index contributed by atoms with van der Waals surface area (Å²) < 4.78 is 5.42. The van der Waals surface area contributed by atoms with Gasteiger partial charge in [0, 0.05) is 36.8 Å². The smallest absolute Gasteiger partial charge is 0.254 e. The summed E-state index contributed by atoms with van der Waals surface area (Å²) in [6, 6.07) is 15.1. The maximum Gasteiger partial charge on any atom is 0.254 e. The van der Waals surface area contributed by atoms with Crippen LogP contribution in [0, 0.1) is 0 Å². The lowest BCUT2D eigenvalue weighted by molar-refractivity contribution is 0.0746. The Balaban J connectivity index is 1.67. The average Bonchev–Trinajstić information content (AvgIpc) is 2.61. The van der Waals surface area contributed by atoms with Crippen LogP contribution in [-0.4, -0.2) is 44.1 Å². The van der Waals surface area contributed by atoms with Gasteiger partial charge in [0.25, 0.3) is 5.91 Å². The summed E-state index contributed by atoms with van der Waals surface area (Å²) in [7, 11) is 1.68. The number of nitrogens with zero attached hydrogens (tertiary/aromatic N) is 2. The van der Waals surface area contributed by atoms with E-state index in [1.54, 1.807) is 31.4 Å². The molecule has 3 rings (SSSR count). The van der Waals surface area contributed by atoms with E-state index in [9.17, 15) is 4.79 Å². The summed E-state index contributed by atoms with van der Waals surface area (Å²) in [4.78, 5) is 16.7. The molecule has 1 heterocycles. The molecule has 0 aliphatic carbocycles. The van der Waals surface area contributed by atoms with Crippen LogP contribution in [0.25, 0.3) is 0 Å². The van der Waals surface area contributed by atoms with Gasteiger partial charge >= 0.3 is 0 Å². The van der Waals surface area contributed by atoms with Crippen LogP contribution in [0.4, 0.5) is 5.69 Å². The Hall–Kier alpha value is -2.20. The minimum atomic E-state index is 0.0344. The lowest BCUT2D eigenvalue weighted by Gasteiger charge is -2.36. The second kappa shape index (κ2) is 6.92. The van der Waals surface area contributed by atoms with E-state index >= 15 is 0 Å². The van der Waals surface area contributed by atoms with E-state index in [1.165, 1.54) is 0 Å². The maximum absolute atomic E-state index is 12.5. The highest BCUT2D eigenvalue weighted by molar-refractivity contribution is 6.30. The molecule has 0 aromatic heterocycles. The van der Waals surface area contributed by atoms with E-state index in [-0.39, 0.29) is 5.91 Å².